The molecule has 0 atom stereocenters. The van der Waals surface area contributed by atoms with E-state index in [4.69, 9.17) is 4.74 Å². The van der Waals surface area contributed by atoms with Gasteiger partial charge in [0.2, 0.25) is 0 Å². The van der Waals surface area contributed by atoms with Crippen LogP contribution in [0.5, 0.6) is 5.75 Å². The normalized spacial score (nSPS) is 14.7. The van der Waals surface area contributed by atoms with Gasteiger partial charge in [0.1, 0.15) is 5.75 Å². The summed E-state index contributed by atoms with van der Waals surface area (Å²) in [5.74, 6) is 0.376. The maximum absolute atomic E-state index is 12.6. The fourth-order valence-corrected chi connectivity index (χ4v) is 3.16. The van der Waals surface area contributed by atoms with E-state index in [0.717, 1.165) is 32.7 Å². The minimum absolute atomic E-state index is 0.0161. The summed E-state index contributed by atoms with van der Waals surface area (Å²) in [7, 11) is 1.56. The van der Waals surface area contributed by atoms with Gasteiger partial charge in [-0.05, 0) is 42.9 Å². The van der Waals surface area contributed by atoms with Crippen molar-refractivity contribution in [3.05, 3.63) is 59.7 Å². The molecule has 2 amide bonds. The number of carbonyl (C=O) groups excluding carboxylic acids is 2. The van der Waals surface area contributed by atoms with Gasteiger partial charge in [-0.25, -0.2) is 0 Å². The third-order valence-corrected chi connectivity index (χ3v) is 4.86. The summed E-state index contributed by atoms with van der Waals surface area (Å²) in [4.78, 5) is 29.3. The second-order valence-electron chi connectivity index (χ2n) is 6.46. The number of nitrogens with zero attached hydrogens (tertiary/aromatic N) is 2. The van der Waals surface area contributed by atoms with Crippen LogP contribution in [-0.4, -0.2) is 61.4 Å². The average molecular weight is 367 g/mol. The lowest BCUT2D eigenvalue weighted by Gasteiger charge is -2.34. The first-order chi connectivity index (χ1) is 13.1. The summed E-state index contributed by atoms with van der Waals surface area (Å²) in [6.07, 6.45) is 0. The van der Waals surface area contributed by atoms with Crippen LogP contribution < -0.4 is 10.1 Å². The molecule has 1 aliphatic heterocycles. The predicted octanol–water partition coefficient (Wildman–Crippen LogP) is 2.73. The summed E-state index contributed by atoms with van der Waals surface area (Å²) in [5.41, 5.74) is 1.71. The number of carbonyl (C=O) groups is 2. The number of hydrogen-bond acceptors (Lipinski definition) is 4. The van der Waals surface area contributed by atoms with Crippen LogP contribution in [0.2, 0.25) is 0 Å². The van der Waals surface area contributed by atoms with Gasteiger partial charge in [0.05, 0.1) is 12.8 Å². The van der Waals surface area contributed by atoms with E-state index in [-0.39, 0.29) is 11.8 Å². The molecule has 142 valence electrons. The van der Waals surface area contributed by atoms with Crippen LogP contribution in [0.1, 0.15) is 27.6 Å². The van der Waals surface area contributed by atoms with Crippen LogP contribution >= 0.6 is 0 Å². The highest BCUT2D eigenvalue weighted by atomic mass is 16.5. The fourth-order valence-electron chi connectivity index (χ4n) is 3.16. The first-order valence-corrected chi connectivity index (χ1v) is 9.18. The molecule has 0 unspecified atom stereocenters. The standard InChI is InChI=1S/C21H25N3O3/c1-3-23-12-14-24(15-13-23)21(26)17-10-8-16(9-11-17)20(25)22-18-6-4-5-7-19(18)27-2/h4-11H,3,12-15H2,1-2H3,(H,22,25). The van der Waals surface area contributed by atoms with Gasteiger partial charge >= 0.3 is 0 Å². The number of methoxy groups -OCH3 is 1. The smallest absolute Gasteiger partial charge is 0.255 e. The minimum atomic E-state index is -0.241. The molecule has 1 aliphatic rings. The van der Waals surface area contributed by atoms with Crippen molar-refractivity contribution >= 4 is 17.5 Å². The minimum Gasteiger partial charge on any atom is -0.495 e. The van der Waals surface area contributed by atoms with E-state index in [2.05, 4.69) is 17.1 Å². The molecule has 1 fully saturated rings. The van der Waals surface area contributed by atoms with E-state index in [1.54, 1.807) is 43.5 Å². The summed E-state index contributed by atoms with van der Waals surface area (Å²) in [5, 5.41) is 2.84. The molecule has 3 rings (SSSR count). The Morgan fingerprint density at radius 1 is 0.963 bits per heavy atom. The number of para-hydroxylation sites is 2. The Kier molecular flexibility index (Phi) is 6.08. The van der Waals surface area contributed by atoms with E-state index in [1.165, 1.54) is 0 Å². The maximum Gasteiger partial charge on any atom is 0.255 e. The number of rotatable bonds is 5. The number of nitrogens with one attached hydrogen (secondary N) is 1. The van der Waals surface area contributed by atoms with Gasteiger partial charge in [0.25, 0.3) is 11.8 Å². The molecular weight excluding hydrogens is 342 g/mol. The van der Waals surface area contributed by atoms with Crippen LogP contribution in [0, 0.1) is 0 Å². The Morgan fingerprint density at radius 2 is 1.59 bits per heavy atom. The van der Waals surface area contributed by atoms with Crippen molar-refractivity contribution in [2.45, 2.75) is 6.92 Å². The van der Waals surface area contributed by atoms with Crippen LogP contribution in [0.15, 0.2) is 48.5 Å². The second-order valence-corrected chi connectivity index (χ2v) is 6.46. The molecule has 1 N–H and O–H groups in total. The third-order valence-electron chi connectivity index (χ3n) is 4.86. The summed E-state index contributed by atoms with van der Waals surface area (Å²) >= 11 is 0. The van der Waals surface area contributed by atoms with Gasteiger partial charge in [-0.1, -0.05) is 19.1 Å². The first-order valence-electron chi connectivity index (χ1n) is 9.18. The SMILES string of the molecule is CCN1CCN(C(=O)c2ccc(C(=O)Nc3ccccc3OC)cc2)CC1. The number of ether oxygens (including phenoxy) is 1. The predicted molar refractivity (Wildman–Crippen MR) is 105 cm³/mol. The zero-order valence-corrected chi connectivity index (χ0v) is 15.8. The quantitative estimate of drug-likeness (QED) is 0.883. The highest BCUT2D eigenvalue weighted by Crippen LogP contribution is 2.23. The lowest BCUT2D eigenvalue weighted by molar-refractivity contribution is 0.0643. The summed E-state index contributed by atoms with van der Waals surface area (Å²) in [6, 6.07) is 14.0. The summed E-state index contributed by atoms with van der Waals surface area (Å²) < 4.78 is 5.25. The lowest BCUT2D eigenvalue weighted by atomic mass is 10.1. The van der Waals surface area contributed by atoms with Crippen molar-refractivity contribution in [1.82, 2.24) is 9.80 Å². The Hall–Kier alpha value is -2.86. The van der Waals surface area contributed by atoms with Gasteiger partial charge in [0.15, 0.2) is 0 Å². The number of piperazine rings is 1. The van der Waals surface area contributed by atoms with Crippen molar-refractivity contribution in [3.8, 4) is 5.75 Å². The summed E-state index contributed by atoms with van der Waals surface area (Å²) in [6.45, 7) is 6.43. The van der Waals surface area contributed by atoms with E-state index >= 15 is 0 Å². The highest BCUT2D eigenvalue weighted by molar-refractivity contribution is 6.05. The second kappa shape index (κ2) is 8.68. The number of anilines is 1. The van der Waals surface area contributed by atoms with Gasteiger partial charge in [-0.15, -0.1) is 0 Å². The average Bonchev–Trinajstić information content (AvgIpc) is 2.73. The highest BCUT2D eigenvalue weighted by Gasteiger charge is 2.21. The molecule has 0 bridgehead atoms. The van der Waals surface area contributed by atoms with Crippen molar-refractivity contribution < 1.29 is 14.3 Å². The molecular formula is C21H25N3O3. The molecule has 6 heteroatoms. The lowest BCUT2D eigenvalue weighted by Crippen LogP contribution is -2.48. The Morgan fingerprint density at radius 3 is 2.22 bits per heavy atom. The van der Waals surface area contributed by atoms with Crippen LogP contribution in [-0.2, 0) is 0 Å². The van der Waals surface area contributed by atoms with Crippen molar-refractivity contribution in [3.63, 3.8) is 0 Å². The van der Waals surface area contributed by atoms with Gasteiger partial charge in [-0.2, -0.15) is 0 Å². The molecule has 1 heterocycles. The van der Waals surface area contributed by atoms with Gasteiger partial charge < -0.3 is 19.9 Å². The van der Waals surface area contributed by atoms with E-state index < -0.39 is 0 Å². The van der Waals surface area contributed by atoms with E-state index in [9.17, 15) is 9.59 Å². The Bertz CT molecular complexity index is 797. The molecule has 2 aromatic rings. The van der Waals surface area contributed by atoms with Crippen molar-refractivity contribution in [1.29, 1.82) is 0 Å². The molecule has 6 nitrogen and oxygen atoms in total. The van der Waals surface area contributed by atoms with Gasteiger partial charge in [0, 0.05) is 37.3 Å². The first kappa shape index (κ1) is 18.9. The van der Waals surface area contributed by atoms with Crippen molar-refractivity contribution in [2.75, 3.05) is 45.2 Å². The zero-order chi connectivity index (χ0) is 19.2. The number of hydrogen-bond donors (Lipinski definition) is 1. The topological polar surface area (TPSA) is 61.9 Å². The molecule has 0 aliphatic carbocycles. The molecule has 2 aromatic carbocycles. The van der Waals surface area contributed by atoms with Crippen LogP contribution in [0.4, 0.5) is 5.69 Å². The largest absolute Gasteiger partial charge is 0.495 e. The van der Waals surface area contributed by atoms with Gasteiger partial charge in [-0.3, -0.25) is 9.59 Å². The number of likely N-dealkylation sites (N-methyl/N-ethyl adjacent to an activating group) is 1. The van der Waals surface area contributed by atoms with Crippen molar-refractivity contribution in [2.24, 2.45) is 0 Å². The van der Waals surface area contributed by atoms with E-state index in [0.29, 0.717) is 22.6 Å². The maximum atomic E-state index is 12.6. The Labute approximate surface area is 159 Å². The molecule has 1 saturated heterocycles. The molecule has 0 radical (unpaired) electrons. The van der Waals surface area contributed by atoms with E-state index in [1.807, 2.05) is 17.0 Å². The molecule has 0 spiro atoms. The molecule has 0 saturated carbocycles. The monoisotopic (exact) mass is 367 g/mol. The molecule has 27 heavy (non-hydrogen) atoms. The molecule has 0 aromatic heterocycles. The fraction of sp³-hybridized carbons (Fsp3) is 0.333. The number of benzene rings is 2. The Balaban J connectivity index is 1.64. The van der Waals surface area contributed by atoms with Crippen LogP contribution in [0.25, 0.3) is 0 Å². The zero-order valence-electron chi connectivity index (χ0n) is 15.8. The third kappa shape index (κ3) is 4.46. The van der Waals surface area contributed by atoms with Crippen LogP contribution in [0.3, 0.4) is 0 Å². The number of amides is 2.